The fourth-order valence-electron chi connectivity index (χ4n) is 1.80. The monoisotopic (exact) mass is 305 g/mol. The van der Waals surface area contributed by atoms with Crippen LogP contribution in [0.3, 0.4) is 0 Å². The van der Waals surface area contributed by atoms with Crippen LogP contribution in [0.5, 0.6) is 0 Å². The van der Waals surface area contributed by atoms with Gasteiger partial charge in [-0.3, -0.25) is 0 Å². The Bertz CT molecular complexity index is 391. The average molecular weight is 305 g/mol. The lowest BCUT2D eigenvalue weighted by molar-refractivity contribution is -0.338. The summed E-state index contributed by atoms with van der Waals surface area (Å²) in [5, 5.41) is 9.55. The summed E-state index contributed by atoms with van der Waals surface area (Å²) in [4.78, 5) is 12.2. The molecule has 1 atom stereocenters. The molecule has 1 rings (SSSR count). The summed E-state index contributed by atoms with van der Waals surface area (Å²) < 4.78 is 68.2. The second-order valence-electron chi connectivity index (χ2n) is 5.76. The van der Waals surface area contributed by atoms with Gasteiger partial charge in [0.15, 0.2) is 5.60 Å². The Morgan fingerprint density at radius 2 is 1.70 bits per heavy atom. The van der Waals surface area contributed by atoms with E-state index in [0.29, 0.717) is 4.90 Å². The van der Waals surface area contributed by atoms with Crippen LogP contribution in [-0.4, -0.2) is 52.5 Å². The zero-order valence-electron chi connectivity index (χ0n) is 11.2. The average Bonchev–Trinajstić information content (AvgIpc) is 2.58. The number of rotatable bonds is 1. The molecule has 1 N–H and O–H groups in total. The van der Waals surface area contributed by atoms with Gasteiger partial charge in [-0.1, -0.05) is 0 Å². The van der Waals surface area contributed by atoms with Gasteiger partial charge in [-0.2, -0.15) is 22.0 Å². The number of aliphatic hydroxyl groups is 1. The van der Waals surface area contributed by atoms with Crippen LogP contribution in [0.1, 0.15) is 27.2 Å². The van der Waals surface area contributed by atoms with Crippen LogP contribution in [0.15, 0.2) is 0 Å². The maximum atomic E-state index is 13.2. The van der Waals surface area contributed by atoms with Crippen LogP contribution >= 0.6 is 0 Å². The van der Waals surface area contributed by atoms with Crippen LogP contribution in [0, 0.1) is 0 Å². The number of halogens is 5. The van der Waals surface area contributed by atoms with Gasteiger partial charge in [0.1, 0.15) is 5.60 Å². The van der Waals surface area contributed by atoms with Crippen molar-refractivity contribution in [1.82, 2.24) is 4.90 Å². The van der Waals surface area contributed by atoms with Crippen molar-refractivity contribution in [3.05, 3.63) is 0 Å². The zero-order valence-corrected chi connectivity index (χ0v) is 11.2. The summed E-state index contributed by atoms with van der Waals surface area (Å²) >= 11 is 0. The minimum Gasteiger partial charge on any atom is -0.444 e. The van der Waals surface area contributed by atoms with E-state index in [-0.39, 0.29) is 0 Å². The van der Waals surface area contributed by atoms with E-state index in [2.05, 4.69) is 0 Å². The first-order valence-corrected chi connectivity index (χ1v) is 5.84. The summed E-state index contributed by atoms with van der Waals surface area (Å²) in [6, 6.07) is 0. The van der Waals surface area contributed by atoms with E-state index in [1.165, 1.54) is 20.8 Å². The van der Waals surface area contributed by atoms with Gasteiger partial charge in [-0.25, -0.2) is 4.79 Å². The first kappa shape index (κ1) is 16.9. The molecule has 0 spiro atoms. The highest BCUT2D eigenvalue weighted by Gasteiger charge is 2.71. The SMILES string of the molecule is CC(C)(C)OC(=O)N1CCC(O)(C(F)(F)C(F)(F)F)C1. The summed E-state index contributed by atoms with van der Waals surface area (Å²) in [5.41, 5.74) is -4.24. The van der Waals surface area contributed by atoms with Gasteiger partial charge in [0.2, 0.25) is 0 Å². The summed E-state index contributed by atoms with van der Waals surface area (Å²) in [6.07, 6.45) is -7.80. The number of ether oxygens (including phenoxy) is 1. The Balaban J connectivity index is 2.83. The number of hydrogen-bond acceptors (Lipinski definition) is 3. The maximum absolute atomic E-state index is 13.2. The summed E-state index contributed by atoms with van der Waals surface area (Å²) in [5.74, 6) is -5.29. The summed E-state index contributed by atoms with van der Waals surface area (Å²) in [6.45, 7) is 3.01. The van der Waals surface area contributed by atoms with Crippen molar-refractivity contribution < 1.29 is 36.6 Å². The third-order valence-corrected chi connectivity index (χ3v) is 2.84. The van der Waals surface area contributed by atoms with E-state index in [9.17, 15) is 31.9 Å². The van der Waals surface area contributed by atoms with Gasteiger partial charge in [0.05, 0.1) is 6.54 Å². The zero-order chi connectivity index (χ0) is 16.0. The third kappa shape index (κ3) is 3.13. The number of carbonyl (C=O) groups is 1. The molecule has 0 saturated carbocycles. The van der Waals surface area contributed by atoms with Crippen molar-refractivity contribution in [2.45, 2.75) is 50.5 Å². The number of nitrogens with zero attached hydrogens (tertiary/aromatic N) is 1. The van der Waals surface area contributed by atoms with Gasteiger partial charge in [0.25, 0.3) is 0 Å². The second-order valence-corrected chi connectivity index (χ2v) is 5.76. The van der Waals surface area contributed by atoms with E-state index in [0.717, 1.165) is 0 Å². The van der Waals surface area contributed by atoms with Crippen LogP contribution in [0.4, 0.5) is 26.7 Å². The lowest BCUT2D eigenvalue weighted by Crippen LogP contribution is -2.58. The van der Waals surface area contributed by atoms with Gasteiger partial charge >= 0.3 is 18.2 Å². The maximum Gasteiger partial charge on any atom is 0.456 e. The first-order chi connectivity index (χ1) is 8.70. The topological polar surface area (TPSA) is 49.8 Å². The van der Waals surface area contributed by atoms with Gasteiger partial charge in [-0.15, -0.1) is 0 Å². The van der Waals surface area contributed by atoms with Gasteiger partial charge in [0, 0.05) is 13.0 Å². The highest BCUT2D eigenvalue weighted by atomic mass is 19.4. The normalized spacial score (nSPS) is 24.9. The predicted octanol–water partition coefficient (Wildman–Crippen LogP) is 2.56. The molecule has 1 aliphatic rings. The van der Waals surface area contributed by atoms with E-state index >= 15 is 0 Å². The molecule has 0 radical (unpaired) electrons. The van der Waals surface area contributed by atoms with Crippen molar-refractivity contribution >= 4 is 6.09 Å². The Morgan fingerprint density at radius 3 is 2.10 bits per heavy atom. The fourth-order valence-corrected chi connectivity index (χ4v) is 1.80. The Kier molecular flexibility index (Phi) is 3.99. The Hall–Kier alpha value is -1.12. The Morgan fingerprint density at radius 1 is 1.20 bits per heavy atom. The van der Waals surface area contributed by atoms with Crippen LogP contribution in [-0.2, 0) is 4.74 Å². The molecule has 118 valence electrons. The molecule has 1 fully saturated rings. The number of likely N-dealkylation sites (tertiary alicyclic amines) is 1. The van der Waals surface area contributed by atoms with E-state index < -0.39 is 48.9 Å². The highest BCUT2D eigenvalue weighted by Crippen LogP contribution is 2.47. The third-order valence-electron chi connectivity index (χ3n) is 2.84. The molecule has 9 heteroatoms. The largest absolute Gasteiger partial charge is 0.456 e. The molecule has 0 aromatic rings. The van der Waals surface area contributed by atoms with Crippen molar-refractivity contribution in [3.8, 4) is 0 Å². The number of amides is 1. The van der Waals surface area contributed by atoms with E-state index in [1.807, 2.05) is 0 Å². The van der Waals surface area contributed by atoms with Gasteiger partial charge < -0.3 is 14.7 Å². The molecule has 4 nitrogen and oxygen atoms in total. The Labute approximate surface area is 112 Å². The summed E-state index contributed by atoms with van der Waals surface area (Å²) in [7, 11) is 0. The quantitative estimate of drug-likeness (QED) is 0.758. The molecule has 0 aromatic heterocycles. The molecule has 0 bridgehead atoms. The molecule has 20 heavy (non-hydrogen) atoms. The first-order valence-electron chi connectivity index (χ1n) is 5.84. The molecule has 1 saturated heterocycles. The number of carbonyl (C=O) groups excluding carboxylic acids is 1. The van der Waals surface area contributed by atoms with Crippen molar-refractivity contribution in [2.75, 3.05) is 13.1 Å². The number of β-amino-alcohol motifs (C(OH)–C–C–N with tert-alkyl or cyclic N) is 1. The number of alkyl halides is 5. The second kappa shape index (κ2) is 4.71. The van der Waals surface area contributed by atoms with Crippen LogP contribution in [0.2, 0.25) is 0 Å². The lowest BCUT2D eigenvalue weighted by Gasteiger charge is -2.33. The lowest BCUT2D eigenvalue weighted by atomic mass is 9.94. The molecule has 1 heterocycles. The van der Waals surface area contributed by atoms with Crippen molar-refractivity contribution in [2.24, 2.45) is 0 Å². The minimum absolute atomic E-state index is 0.433. The highest BCUT2D eigenvalue weighted by molar-refractivity contribution is 5.68. The molecular weight excluding hydrogens is 289 g/mol. The van der Waals surface area contributed by atoms with Crippen LogP contribution < -0.4 is 0 Å². The number of hydrogen-bond donors (Lipinski definition) is 1. The molecule has 1 unspecified atom stereocenters. The minimum atomic E-state index is -5.88. The van der Waals surface area contributed by atoms with Crippen LogP contribution in [0.25, 0.3) is 0 Å². The molecular formula is C11H16F5NO3. The van der Waals surface area contributed by atoms with E-state index in [1.54, 1.807) is 0 Å². The molecule has 1 aliphatic heterocycles. The fraction of sp³-hybridized carbons (Fsp3) is 0.909. The van der Waals surface area contributed by atoms with Gasteiger partial charge in [-0.05, 0) is 20.8 Å². The standard InChI is InChI=1S/C11H16F5NO3/c1-8(2,3)20-7(18)17-5-4-9(19,6-17)10(12,13)11(14,15)16/h19H,4-6H2,1-3H3. The molecule has 0 aromatic carbocycles. The molecule has 0 aliphatic carbocycles. The van der Waals surface area contributed by atoms with Crippen molar-refractivity contribution in [1.29, 1.82) is 0 Å². The predicted molar refractivity (Wildman–Crippen MR) is 58.4 cm³/mol. The van der Waals surface area contributed by atoms with E-state index in [4.69, 9.17) is 4.74 Å². The molecule has 1 amide bonds. The smallest absolute Gasteiger partial charge is 0.444 e. The van der Waals surface area contributed by atoms with Crippen molar-refractivity contribution in [3.63, 3.8) is 0 Å².